The van der Waals surface area contributed by atoms with Crippen molar-refractivity contribution in [3.8, 4) is 5.75 Å². The van der Waals surface area contributed by atoms with Crippen molar-refractivity contribution in [1.82, 2.24) is 0 Å². The molecule has 11 heteroatoms. The summed E-state index contributed by atoms with van der Waals surface area (Å²) in [6.07, 6.45) is -5.26. The Labute approximate surface area is 225 Å². The smallest absolute Gasteiger partial charge is 0.303 e. The summed E-state index contributed by atoms with van der Waals surface area (Å²) in [6, 6.07) is 15.5. The largest absolute Gasteiger partial charge is 0.463 e. The predicted molar refractivity (Wildman–Crippen MR) is 136 cm³/mol. The highest BCUT2D eigenvalue weighted by molar-refractivity contribution is 5.70. The van der Waals surface area contributed by atoms with E-state index in [4.69, 9.17) is 28.4 Å². The molecule has 5 atom stereocenters. The molecule has 3 unspecified atom stereocenters. The summed E-state index contributed by atoms with van der Waals surface area (Å²) in [5.74, 6) is -2.32. The second-order valence-electron chi connectivity index (χ2n) is 9.21. The van der Waals surface area contributed by atoms with Gasteiger partial charge in [-0.05, 0) is 42.3 Å². The van der Waals surface area contributed by atoms with Crippen LogP contribution >= 0.6 is 0 Å². The van der Waals surface area contributed by atoms with Crippen molar-refractivity contribution in [3.63, 3.8) is 0 Å². The van der Waals surface area contributed by atoms with Gasteiger partial charge in [0, 0.05) is 45.6 Å². The number of esters is 4. The lowest BCUT2D eigenvalue weighted by molar-refractivity contribution is -0.288. The zero-order valence-electron chi connectivity index (χ0n) is 22.2. The first-order chi connectivity index (χ1) is 18.6. The predicted octanol–water partition coefficient (Wildman–Crippen LogP) is 2.84. The van der Waals surface area contributed by atoms with Crippen LogP contribution < -0.4 is 9.64 Å². The molecule has 0 bridgehead atoms. The van der Waals surface area contributed by atoms with E-state index in [9.17, 15) is 19.2 Å². The maximum Gasteiger partial charge on any atom is 0.303 e. The van der Waals surface area contributed by atoms with Crippen LogP contribution in [-0.4, -0.2) is 67.7 Å². The molecule has 11 nitrogen and oxygen atoms in total. The van der Waals surface area contributed by atoms with Crippen molar-refractivity contribution in [2.45, 2.75) is 64.8 Å². The molecule has 2 heterocycles. The van der Waals surface area contributed by atoms with E-state index in [2.05, 4.69) is 17.0 Å². The molecule has 0 amide bonds. The molecule has 2 aliphatic rings. The molecule has 0 spiro atoms. The zero-order valence-corrected chi connectivity index (χ0v) is 22.2. The van der Waals surface area contributed by atoms with Crippen molar-refractivity contribution < 1.29 is 47.6 Å². The van der Waals surface area contributed by atoms with E-state index in [-0.39, 0.29) is 6.61 Å². The molecule has 2 aromatic carbocycles. The number of nitrogens with zero attached hydrogens (tertiary/aromatic N) is 1. The minimum atomic E-state index is -1.30. The van der Waals surface area contributed by atoms with Gasteiger partial charge in [-0.2, -0.15) is 0 Å². The van der Waals surface area contributed by atoms with E-state index < -0.39 is 54.6 Å². The average Bonchev–Trinajstić information content (AvgIpc) is 3.30. The third kappa shape index (κ3) is 6.85. The Morgan fingerprint density at radius 2 is 1.41 bits per heavy atom. The van der Waals surface area contributed by atoms with Crippen molar-refractivity contribution in [2.75, 3.05) is 18.1 Å². The second-order valence-corrected chi connectivity index (χ2v) is 9.21. The second kappa shape index (κ2) is 12.2. The SMILES string of the molecule is CC(=O)OCC1O[C@H](Oc2ccc(N3CCc4ccccc43)cc2)C(OC(C)=O)C(OC(C)=O)[C@@H]1OC(C)=O. The van der Waals surface area contributed by atoms with Crippen LogP contribution in [0.5, 0.6) is 5.75 Å². The van der Waals surface area contributed by atoms with E-state index in [0.717, 1.165) is 38.2 Å². The standard InChI is InChI=1S/C28H31NO10/c1-16(30)34-15-24-25(35-17(2)31)26(36-18(3)32)27(37-19(4)33)28(39-24)38-22-11-9-21(10-12-22)29-14-13-20-7-5-6-8-23(20)29/h5-12,24-28H,13-15H2,1-4H3/t24?,25-,26?,27?,28+/m1/s1. The van der Waals surface area contributed by atoms with Crippen LogP contribution in [0.4, 0.5) is 11.4 Å². The van der Waals surface area contributed by atoms with E-state index in [0.29, 0.717) is 5.75 Å². The first-order valence-corrected chi connectivity index (χ1v) is 12.5. The number of carbonyl (C=O) groups excluding carboxylic acids is 4. The fourth-order valence-electron chi connectivity index (χ4n) is 4.73. The minimum absolute atomic E-state index is 0.328. The first-order valence-electron chi connectivity index (χ1n) is 12.5. The van der Waals surface area contributed by atoms with Gasteiger partial charge < -0.3 is 33.3 Å². The summed E-state index contributed by atoms with van der Waals surface area (Å²) in [6.45, 7) is 5.23. The lowest BCUT2D eigenvalue weighted by Gasteiger charge is -2.43. The van der Waals surface area contributed by atoms with Crippen LogP contribution in [0.2, 0.25) is 0 Å². The molecule has 0 aliphatic carbocycles. The van der Waals surface area contributed by atoms with Gasteiger partial charge in [0.1, 0.15) is 18.5 Å². The van der Waals surface area contributed by atoms with Crippen molar-refractivity contribution >= 4 is 35.3 Å². The molecule has 4 rings (SSSR count). The van der Waals surface area contributed by atoms with Gasteiger partial charge in [-0.1, -0.05) is 18.2 Å². The molecule has 0 saturated carbocycles. The molecular weight excluding hydrogens is 510 g/mol. The van der Waals surface area contributed by atoms with Crippen molar-refractivity contribution in [3.05, 3.63) is 54.1 Å². The highest BCUT2D eigenvalue weighted by atomic mass is 16.7. The van der Waals surface area contributed by atoms with E-state index >= 15 is 0 Å². The van der Waals surface area contributed by atoms with Crippen LogP contribution in [0.15, 0.2) is 48.5 Å². The van der Waals surface area contributed by atoms with Crippen LogP contribution in [0.1, 0.15) is 33.3 Å². The summed E-state index contributed by atoms with van der Waals surface area (Å²) in [5.41, 5.74) is 3.38. The highest BCUT2D eigenvalue weighted by Crippen LogP contribution is 2.36. The summed E-state index contributed by atoms with van der Waals surface area (Å²) >= 11 is 0. The number of hydrogen-bond donors (Lipinski definition) is 0. The number of fused-ring (bicyclic) bond motifs is 1. The Balaban J connectivity index is 1.60. The summed E-state index contributed by atoms with van der Waals surface area (Å²) in [4.78, 5) is 49.6. The van der Waals surface area contributed by atoms with Gasteiger partial charge in [0.15, 0.2) is 12.2 Å². The summed E-state index contributed by atoms with van der Waals surface area (Å²) < 4.78 is 33.4. The number of anilines is 2. The Morgan fingerprint density at radius 1 is 0.795 bits per heavy atom. The number of benzene rings is 2. The number of rotatable bonds is 8. The molecule has 2 aliphatic heterocycles. The minimum Gasteiger partial charge on any atom is -0.463 e. The topological polar surface area (TPSA) is 127 Å². The molecule has 1 fully saturated rings. The van der Waals surface area contributed by atoms with Gasteiger partial charge in [-0.15, -0.1) is 0 Å². The van der Waals surface area contributed by atoms with Crippen molar-refractivity contribution in [2.24, 2.45) is 0 Å². The number of ether oxygens (including phenoxy) is 6. The van der Waals surface area contributed by atoms with E-state index in [1.807, 2.05) is 24.3 Å². The third-order valence-corrected chi connectivity index (χ3v) is 6.24. The van der Waals surface area contributed by atoms with Gasteiger partial charge in [-0.3, -0.25) is 19.2 Å². The molecule has 0 radical (unpaired) electrons. The van der Waals surface area contributed by atoms with Gasteiger partial charge in [-0.25, -0.2) is 0 Å². The quantitative estimate of drug-likeness (QED) is 0.362. The van der Waals surface area contributed by atoms with Gasteiger partial charge >= 0.3 is 23.9 Å². The molecule has 2 aromatic rings. The lowest BCUT2D eigenvalue weighted by atomic mass is 9.98. The monoisotopic (exact) mass is 541 g/mol. The lowest BCUT2D eigenvalue weighted by Crippen LogP contribution is -2.63. The Hall–Kier alpha value is -4.12. The van der Waals surface area contributed by atoms with E-state index in [1.165, 1.54) is 19.4 Å². The summed E-state index contributed by atoms with van der Waals surface area (Å²) in [7, 11) is 0. The maximum atomic E-state index is 12.0. The van der Waals surface area contributed by atoms with Crippen LogP contribution in [0.3, 0.4) is 0 Å². The number of para-hydroxylation sites is 1. The third-order valence-electron chi connectivity index (χ3n) is 6.24. The number of hydrogen-bond acceptors (Lipinski definition) is 11. The molecule has 0 aromatic heterocycles. The molecule has 0 N–H and O–H groups in total. The fraction of sp³-hybridized carbons (Fsp3) is 0.429. The van der Waals surface area contributed by atoms with Crippen LogP contribution in [0, 0.1) is 0 Å². The Bertz CT molecular complexity index is 1210. The molecule has 39 heavy (non-hydrogen) atoms. The normalized spacial score (nSPS) is 23.8. The molecular formula is C28H31NO10. The van der Waals surface area contributed by atoms with Crippen molar-refractivity contribution in [1.29, 1.82) is 0 Å². The van der Waals surface area contributed by atoms with E-state index in [1.54, 1.807) is 12.1 Å². The Kier molecular flexibility index (Phi) is 8.70. The van der Waals surface area contributed by atoms with Gasteiger partial charge in [0.2, 0.25) is 12.4 Å². The zero-order chi connectivity index (χ0) is 28.1. The Morgan fingerprint density at radius 3 is 2.05 bits per heavy atom. The highest BCUT2D eigenvalue weighted by Gasteiger charge is 2.53. The average molecular weight is 542 g/mol. The van der Waals surface area contributed by atoms with Crippen LogP contribution in [-0.2, 0) is 49.3 Å². The fourth-order valence-corrected chi connectivity index (χ4v) is 4.73. The van der Waals surface area contributed by atoms with Gasteiger partial charge in [0.25, 0.3) is 0 Å². The molecule has 208 valence electrons. The molecule has 1 saturated heterocycles. The van der Waals surface area contributed by atoms with Gasteiger partial charge in [0.05, 0.1) is 0 Å². The first kappa shape index (κ1) is 27.9. The summed E-state index contributed by atoms with van der Waals surface area (Å²) in [5, 5.41) is 0. The maximum absolute atomic E-state index is 12.0. The van der Waals surface area contributed by atoms with Crippen LogP contribution in [0.25, 0.3) is 0 Å². The number of carbonyl (C=O) groups is 4.